The second-order valence-corrected chi connectivity index (χ2v) is 16.2. The SMILES string of the molecule is Fc1cc2ccc3c(ccc4cc(-c5nc6sc(-c7cc8ccc9c(ccc%10cc(F)sc%109)c8s7)nc6s5)sc43)c2s1. The number of thiazole rings is 2. The van der Waals surface area contributed by atoms with Gasteiger partial charge in [0.1, 0.15) is 10.0 Å². The summed E-state index contributed by atoms with van der Waals surface area (Å²) in [6, 6.07) is 24.3. The van der Waals surface area contributed by atoms with Crippen LogP contribution in [0.3, 0.4) is 0 Å². The van der Waals surface area contributed by atoms with Gasteiger partial charge in [0, 0.05) is 40.3 Å². The molecule has 0 aliphatic carbocycles. The molecule has 0 bridgehead atoms. The molecule has 0 saturated heterocycles. The molecule has 0 fully saturated rings. The normalized spacial score (nSPS) is 12.5. The molecule has 0 spiro atoms. The zero-order valence-corrected chi connectivity index (χ0v) is 25.9. The molecule has 42 heavy (non-hydrogen) atoms. The fourth-order valence-corrected chi connectivity index (χ4v) is 12.1. The fourth-order valence-electron chi connectivity index (χ4n) is 5.80. The number of fused-ring (bicyclic) bond motifs is 11. The van der Waals surface area contributed by atoms with Crippen LogP contribution in [-0.4, -0.2) is 9.97 Å². The number of benzene rings is 4. The van der Waals surface area contributed by atoms with Crippen molar-refractivity contribution in [1.82, 2.24) is 9.97 Å². The predicted octanol–water partition coefficient (Wildman–Crippen LogP) is 12.5. The maximum atomic E-state index is 14.0. The number of rotatable bonds is 2. The van der Waals surface area contributed by atoms with E-state index in [9.17, 15) is 8.78 Å². The van der Waals surface area contributed by atoms with Crippen molar-refractivity contribution in [2.24, 2.45) is 0 Å². The summed E-state index contributed by atoms with van der Waals surface area (Å²) < 4.78 is 32.3. The highest BCUT2D eigenvalue weighted by molar-refractivity contribution is 7.33. The molecule has 6 heterocycles. The van der Waals surface area contributed by atoms with E-state index in [0.29, 0.717) is 0 Å². The molecule has 0 aliphatic heterocycles. The third kappa shape index (κ3) is 3.42. The Balaban J connectivity index is 1.06. The van der Waals surface area contributed by atoms with E-state index in [-0.39, 0.29) is 10.3 Å². The van der Waals surface area contributed by atoms with E-state index in [2.05, 4.69) is 48.5 Å². The Morgan fingerprint density at radius 1 is 0.405 bits per heavy atom. The highest BCUT2D eigenvalue weighted by atomic mass is 32.1. The van der Waals surface area contributed by atoms with Crippen molar-refractivity contribution in [2.75, 3.05) is 0 Å². The van der Waals surface area contributed by atoms with Crippen molar-refractivity contribution in [3.05, 3.63) is 83.1 Å². The fraction of sp³-hybridized carbons (Fsp3) is 0. The molecular weight excluding hydrogens is 643 g/mol. The van der Waals surface area contributed by atoms with E-state index >= 15 is 0 Å². The molecule has 4 aromatic carbocycles. The maximum Gasteiger partial charge on any atom is 0.177 e. The van der Waals surface area contributed by atoms with E-state index in [0.717, 1.165) is 71.1 Å². The molecule has 0 unspecified atom stereocenters. The smallest absolute Gasteiger partial charge is 0.177 e. The molecule has 0 atom stereocenters. The van der Waals surface area contributed by atoms with Crippen LogP contribution in [0.15, 0.2) is 72.8 Å². The van der Waals surface area contributed by atoms with Gasteiger partial charge in [-0.3, -0.25) is 0 Å². The van der Waals surface area contributed by atoms with Crippen LogP contribution in [0.1, 0.15) is 0 Å². The molecular formula is C32H12F2N2S6. The first-order valence-corrected chi connectivity index (χ1v) is 17.8. The predicted molar refractivity (Wildman–Crippen MR) is 183 cm³/mol. The van der Waals surface area contributed by atoms with Crippen LogP contribution in [0, 0.1) is 10.3 Å². The summed E-state index contributed by atoms with van der Waals surface area (Å²) >= 11 is 9.14. The summed E-state index contributed by atoms with van der Waals surface area (Å²) in [5.74, 6) is 0. The van der Waals surface area contributed by atoms with Crippen molar-refractivity contribution in [2.45, 2.75) is 0 Å². The molecule has 2 nitrogen and oxygen atoms in total. The number of hydrogen-bond acceptors (Lipinski definition) is 8. The molecule has 200 valence electrons. The zero-order chi connectivity index (χ0) is 27.7. The van der Waals surface area contributed by atoms with Crippen molar-refractivity contribution >= 4 is 140 Å². The number of nitrogens with zero attached hydrogens (tertiary/aromatic N) is 2. The number of hydrogen-bond donors (Lipinski definition) is 0. The summed E-state index contributed by atoms with van der Waals surface area (Å²) in [6.45, 7) is 0. The summed E-state index contributed by atoms with van der Waals surface area (Å²) in [6.07, 6.45) is 0. The Kier molecular flexibility index (Phi) is 4.93. The molecule has 0 N–H and O–H groups in total. The standard InChI is InChI=1S/C32H12F2N2S6/c33-23-11-15-3-7-17-19(27(15)39-23)5-1-13-9-21(37-25(13)17)29-35-31-32(41-29)36-30(42-31)22-10-14-2-6-20-18(26(14)38-22)8-4-16-12-24(34)40-28(16)20/h1-12H. The molecule has 0 amide bonds. The highest BCUT2D eigenvalue weighted by Gasteiger charge is 2.18. The van der Waals surface area contributed by atoms with Gasteiger partial charge in [0.15, 0.2) is 19.9 Å². The van der Waals surface area contributed by atoms with Crippen LogP contribution in [0.2, 0.25) is 0 Å². The van der Waals surface area contributed by atoms with E-state index in [1.807, 2.05) is 12.1 Å². The Morgan fingerprint density at radius 2 is 0.762 bits per heavy atom. The minimum absolute atomic E-state index is 0.153. The van der Waals surface area contributed by atoms with Crippen LogP contribution in [0.4, 0.5) is 8.78 Å². The van der Waals surface area contributed by atoms with E-state index in [4.69, 9.17) is 9.97 Å². The van der Waals surface area contributed by atoms with Crippen LogP contribution in [0.5, 0.6) is 0 Å². The lowest BCUT2D eigenvalue weighted by Gasteiger charge is -2.00. The summed E-state index contributed by atoms with van der Waals surface area (Å²) in [4.78, 5) is 14.1. The van der Waals surface area contributed by atoms with Crippen molar-refractivity contribution in [3.8, 4) is 19.8 Å². The first-order valence-electron chi connectivity index (χ1n) is 12.9. The highest BCUT2D eigenvalue weighted by Crippen LogP contribution is 2.46. The number of halogens is 2. The van der Waals surface area contributed by atoms with E-state index in [1.54, 1.807) is 57.5 Å². The monoisotopic (exact) mass is 654 g/mol. The second-order valence-electron chi connectivity index (χ2n) is 10.1. The lowest BCUT2D eigenvalue weighted by molar-refractivity contribution is 0.658. The Hall–Kier alpha value is -3.38. The number of thiophene rings is 4. The van der Waals surface area contributed by atoms with Gasteiger partial charge in [-0.1, -0.05) is 71.2 Å². The van der Waals surface area contributed by atoms with Gasteiger partial charge in [-0.2, -0.15) is 8.78 Å². The molecule has 0 saturated carbocycles. The van der Waals surface area contributed by atoms with Gasteiger partial charge >= 0.3 is 0 Å². The molecule has 6 aromatic heterocycles. The maximum absolute atomic E-state index is 14.0. The Bertz CT molecular complexity index is 2520. The van der Waals surface area contributed by atoms with Crippen LogP contribution in [-0.2, 0) is 0 Å². The van der Waals surface area contributed by atoms with Crippen molar-refractivity contribution < 1.29 is 8.78 Å². The van der Waals surface area contributed by atoms with Crippen LogP contribution >= 0.6 is 68.0 Å². The third-order valence-electron chi connectivity index (χ3n) is 7.66. The zero-order valence-electron chi connectivity index (χ0n) is 21.0. The second kappa shape index (κ2) is 8.59. The van der Waals surface area contributed by atoms with Gasteiger partial charge in [-0.25, -0.2) is 9.97 Å². The minimum Gasteiger partial charge on any atom is -0.222 e. The van der Waals surface area contributed by atoms with Crippen LogP contribution in [0.25, 0.3) is 91.3 Å². The largest absolute Gasteiger partial charge is 0.222 e. The average molecular weight is 655 g/mol. The van der Waals surface area contributed by atoms with Crippen LogP contribution < -0.4 is 0 Å². The summed E-state index contributed by atoms with van der Waals surface area (Å²) in [7, 11) is 0. The van der Waals surface area contributed by atoms with Gasteiger partial charge in [0.2, 0.25) is 0 Å². The van der Waals surface area contributed by atoms with Gasteiger partial charge in [0.05, 0.1) is 9.75 Å². The molecule has 10 heteroatoms. The Morgan fingerprint density at radius 3 is 1.17 bits per heavy atom. The lowest BCUT2D eigenvalue weighted by atomic mass is 10.1. The van der Waals surface area contributed by atoms with Gasteiger partial charge in [0.25, 0.3) is 0 Å². The average Bonchev–Trinajstić information content (AvgIpc) is 3.79. The summed E-state index contributed by atoms with van der Waals surface area (Å²) in [5.41, 5.74) is 0. The molecule has 10 aromatic rings. The molecule has 10 rings (SSSR count). The summed E-state index contributed by atoms with van der Waals surface area (Å²) in [5, 5.41) is 10.4. The van der Waals surface area contributed by atoms with E-state index in [1.165, 1.54) is 42.8 Å². The van der Waals surface area contributed by atoms with Gasteiger partial charge < -0.3 is 0 Å². The molecule has 0 aliphatic rings. The quantitative estimate of drug-likeness (QED) is 0.185. The first-order chi connectivity index (χ1) is 20.6. The third-order valence-corrected chi connectivity index (χ3v) is 14.3. The van der Waals surface area contributed by atoms with E-state index < -0.39 is 0 Å². The first kappa shape index (κ1) is 24.1. The Labute approximate surface area is 259 Å². The van der Waals surface area contributed by atoms with Gasteiger partial charge in [-0.15, -0.1) is 45.3 Å². The van der Waals surface area contributed by atoms with Gasteiger partial charge in [-0.05, 0) is 45.8 Å². The molecule has 0 radical (unpaired) electrons. The number of aromatic nitrogens is 2. The lowest BCUT2D eigenvalue weighted by Crippen LogP contribution is -1.72. The minimum atomic E-state index is -0.153. The topological polar surface area (TPSA) is 25.8 Å². The van der Waals surface area contributed by atoms with Crippen molar-refractivity contribution in [3.63, 3.8) is 0 Å². The van der Waals surface area contributed by atoms with Crippen molar-refractivity contribution in [1.29, 1.82) is 0 Å².